The van der Waals surface area contributed by atoms with Crippen molar-refractivity contribution in [3.05, 3.63) is 21.6 Å². The van der Waals surface area contributed by atoms with Crippen molar-refractivity contribution in [1.29, 1.82) is 0 Å². The predicted molar refractivity (Wildman–Crippen MR) is 65.9 cm³/mol. The summed E-state index contributed by atoms with van der Waals surface area (Å²) in [5.74, 6) is 0. The number of aromatic amines is 1. The van der Waals surface area contributed by atoms with Gasteiger partial charge in [-0.1, -0.05) is 25.6 Å². The standard InChI is InChI=1S/C11H17N3OS/c1-7(2)16-11-12-9-4-5-14(3)6-8(9)10(15)13-11/h7H,4-6H2,1-3H3,(H,12,13,15). The molecule has 2 rings (SSSR count). The number of rotatable bonds is 2. The number of hydrogen-bond donors (Lipinski definition) is 1. The second-order valence-corrected chi connectivity index (χ2v) is 6.02. The molecule has 1 aromatic heterocycles. The summed E-state index contributed by atoms with van der Waals surface area (Å²) in [7, 11) is 2.03. The van der Waals surface area contributed by atoms with Crippen molar-refractivity contribution in [3.63, 3.8) is 0 Å². The molecule has 0 atom stereocenters. The van der Waals surface area contributed by atoms with E-state index in [1.807, 2.05) is 7.05 Å². The van der Waals surface area contributed by atoms with E-state index >= 15 is 0 Å². The first-order chi connectivity index (χ1) is 7.56. The topological polar surface area (TPSA) is 49.0 Å². The number of aromatic nitrogens is 2. The van der Waals surface area contributed by atoms with Gasteiger partial charge >= 0.3 is 0 Å². The average Bonchev–Trinajstić information content (AvgIpc) is 2.18. The fraction of sp³-hybridized carbons (Fsp3) is 0.636. The van der Waals surface area contributed by atoms with Crippen LogP contribution in [-0.2, 0) is 13.0 Å². The Bertz CT molecular complexity index is 441. The summed E-state index contributed by atoms with van der Waals surface area (Å²) < 4.78 is 0. The first kappa shape index (κ1) is 11.7. The Kier molecular flexibility index (Phi) is 3.35. The van der Waals surface area contributed by atoms with E-state index in [0.717, 1.165) is 29.4 Å². The monoisotopic (exact) mass is 239 g/mol. The van der Waals surface area contributed by atoms with Crippen molar-refractivity contribution >= 4 is 11.8 Å². The molecule has 16 heavy (non-hydrogen) atoms. The quantitative estimate of drug-likeness (QED) is 0.623. The lowest BCUT2D eigenvalue weighted by molar-refractivity contribution is 0.306. The molecule has 0 saturated carbocycles. The van der Waals surface area contributed by atoms with Crippen LogP contribution >= 0.6 is 11.8 Å². The molecule has 0 spiro atoms. The summed E-state index contributed by atoms with van der Waals surface area (Å²) in [4.78, 5) is 21.4. The Labute approximate surface area is 99.5 Å². The number of fused-ring (bicyclic) bond motifs is 1. The van der Waals surface area contributed by atoms with Gasteiger partial charge in [-0.25, -0.2) is 4.98 Å². The third-order valence-electron chi connectivity index (χ3n) is 2.59. The summed E-state index contributed by atoms with van der Waals surface area (Å²) in [5, 5.41) is 1.19. The highest BCUT2D eigenvalue weighted by Gasteiger charge is 2.18. The minimum Gasteiger partial charge on any atom is -0.301 e. The van der Waals surface area contributed by atoms with Crippen LogP contribution in [-0.4, -0.2) is 33.7 Å². The molecule has 0 radical (unpaired) electrons. The Morgan fingerprint density at radius 2 is 2.25 bits per heavy atom. The summed E-state index contributed by atoms with van der Waals surface area (Å²) >= 11 is 1.61. The van der Waals surface area contributed by atoms with E-state index in [2.05, 4.69) is 28.7 Å². The first-order valence-electron chi connectivity index (χ1n) is 5.53. The number of nitrogens with zero attached hydrogens (tertiary/aromatic N) is 2. The Morgan fingerprint density at radius 3 is 2.94 bits per heavy atom. The fourth-order valence-electron chi connectivity index (χ4n) is 1.82. The lowest BCUT2D eigenvalue weighted by Crippen LogP contribution is -2.33. The first-order valence-corrected chi connectivity index (χ1v) is 6.41. The molecule has 88 valence electrons. The molecule has 1 aliphatic rings. The zero-order chi connectivity index (χ0) is 11.7. The van der Waals surface area contributed by atoms with Crippen molar-refractivity contribution in [2.45, 2.75) is 37.2 Å². The van der Waals surface area contributed by atoms with Gasteiger partial charge in [0.1, 0.15) is 0 Å². The summed E-state index contributed by atoms with van der Waals surface area (Å²) in [5.41, 5.74) is 1.84. The smallest absolute Gasteiger partial charge is 0.256 e. The number of thioether (sulfide) groups is 1. The van der Waals surface area contributed by atoms with Crippen LogP contribution in [0.25, 0.3) is 0 Å². The number of H-pyrrole nitrogens is 1. The molecular formula is C11H17N3OS. The molecular weight excluding hydrogens is 222 g/mol. The fourth-order valence-corrected chi connectivity index (χ4v) is 2.58. The van der Waals surface area contributed by atoms with E-state index in [4.69, 9.17) is 0 Å². The van der Waals surface area contributed by atoms with E-state index in [9.17, 15) is 4.79 Å². The Balaban J connectivity index is 2.35. The van der Waals surface area contributed by atoms with Gasteiger partial charge in [0.25, 0.3) is 5.56 Å². The Hall–Kier alpha value is -0.810. The van der Waals surface area contributed by atoms with Crippen LogP contribution in [0.2, 0.25) is 0 Å². The van der Waals surface area contributed by atoms with Crippen molar-refractivity contribution in [3.8, 4) is 0 Å². The van der Waals surface area contributed by atoms with E-state index in [0.29, 0.717) is 11.8 Å². The maximum Gasteiger partial charge on any atom is 0.256 e. The molecule has 0 unspecified atom stereocenters. The van der Waals surface area contributed by atoms with Gasteiger partial charge in [0.05, 0.1) is 11.3 Å². The maximum absolute atomic E-state index is 11.9. The van der Waals surface area contributed by atoms with Crippen LogP contribution in [0, 0.1) is 0 Å². The highest BCUT2D eigenvalue weighted by atomic mass is 32.2. The van der Waals surface area contributed by atoms with Gasteiger partial charge in [0, 0.05) is 24.8 Å². The Morgan fingerprint density at radius 1 is 1.50 bits per heavy atom. The minimum absolute atomic E-state index is 0.0275. The highest BCUT2D eigenvalue weighted by Crippen LogP contribution is 2.20. The van der Waals surface area contributed by atoms with Crippen LogP contribution < -0.4 is 5.56 Å². The summed E-state index contributed by atoms with van der Waals surface area (Å²) in [6, 6.07) is 0. The maximum atomic E-state index is 11.9. The van der Waals surface area contributed by atoms with Gasteiger partial charge in [-0.3, -0.25) is 4.79 Å². The SMILES string of the molecule is CC(C)Sc1nc2c(c(=O)[nH]1)CN(C)CC2. The normalized spacial score (nSPS) is 16.5. The molecule has 0 aliphatic carbocycles. The van der Waals surface area contributed by atoms with Crippen LogP contribution in [0.5, 0.6) is 0 Å². The third-order valence-corrected chi connectivity index (χ3v) is 3.47. The van der Waals surface area contributed by atoms with Gasteiger partial charge in [0.15, 0.2) is 5.16 Å². The summed E-state index contributed by atoms with van der Waals surface area (Å²) in [6.07, 6.45) is 0.876. The molecule has 0 fully saturated rings. The molecule has 0 aromatic carbocycles. The van der Waals surface area contributed by atoms with Gasteiger partial charge in [-0.2, -0.15) is 0 Å². The largest absolute Gasteiger partial charge is 0.301 e. The summed E-state index contributed by atoms with van der Waals surface area (Å²) in [6.45, 7) is 5.88. The molecule has 1 aliphatic heterocycles. The van der Waals surface area contributed by atoms with E-state index in [-0.39, 0.29) is 5.56 Å². The molecule has 1 aromatic rings. The van der Waals surface area contributed by atoms with E-state index < -0.39 is 0 Å². The lowest BCUT2D eigenvalue weighted by Gasteiger charge is -2.23. The zero-order valence-corrected chi connectivity index (χ0v) is 10.7. The van der Waals surface area contributed by atoms with Gasteiger partial charge < -0.3 is 9.88 Å². The molecule has 1 N–H and O–H groups in total. The second-order valence-electron chi connectivity index (χ2n) is 4.45. The molecule has 0 amide bonds. The molecule has 0 saturated heterocycles. The minimum atomic E-state index is 0.0275. The predicted octanol–water partition coefficient (Wildman–Crippen LogP) is 1.26. The second kappa shape index (κ2) is 4.59. The number of hydrogen-bond acceptors (Lipinski definition) is 4. The van der Waals surface area contributed by atoms with Gasteiger partial charge in [0.2, 0.25) is 0 Å². The van der Waals surface area contributed by atoms with Crippen LogP contribution in [0.15, 0.2) is 9.95 Å². The molecule has 2 heterocycles. The zero-order valence-electron chi connectivity index (χ0n) is 9.91. The highest BCUT2D eigenvalue weighted by molar-refractivity contribution is 7.99. The van der Waals surface area contributed by atoms with Crippen molar-refractivity contribution in [1.82, 2.24) is 14.9 Å². The van der Waals surface area contributed by atoms with Crippen LogP contribution in [0.1, 0.15) is 25.1 Å². The molecule has 0 bridgehead atoms. The van der Waals surface area contributed by atoms with Crippen molar-refractivity contribution in [2.24, 2.45) is 0 Å². The van der Waals surface area contributed by atoms with Crippen LogP contribution in [0.3, 0.4) is 0 Å². The molecule has 4 nitrogen and oxygen atoms in total. The van der Waals surface area contributed by atoms with E-state index in [1.54, 1.807) is 11.8 Å². The third kappa shape index (κ3) is 2.47. The van der Waals surface area contributed by atoms with Crippen molar-refractivity contribution in [2.75, 3.05) is 13.6 Å². The number of likely N-dealkylation sites (N-methyl/N-ethyl adjacent to an activating group) is 1. The van der Waals surface area contributed by atoms with Gasteiger partial charge in [-0.15, -0.1) is 0 Å². The van der Waals surface area contributed by atoms with E-state index in [1.165, 1.54) is 0 Å². The van der Waals surface area contributed by atoms with Crippen molar-refractivity contribution < 1.29 is 0 Å². The lowest BCUT2D eigenvalue weighted by atomic mass is 10.1. The van der Waals surface area contributed by atoms with Gasteiger partial charge in [-0.05, 0) is 7.05 Å². The average molecular weight is 239 g/mol. The number of nitrogens with one attached hydrogen (secondary N) is 1. The molecule has 5 heteroatoms. The van der Waals surface area contributed by atoms with Crippen LogP contribution in [0.4, 0.5) is 0 Å².